The highest BCUT2D eigenvalue weighted by Gasteiger charge is 2.40. The van der Waals surface area contributed by atoms with E-state index in [4.69, 9.17) is 0 Å². The number of carbonyl (C=O) groups is 3. The smallest absolute Gasteiger partial charge is 0.322 e. The second-order valence-electron chi connectivity index (χ2n) is 9.75. The van der Waals surface area contributed by atoms with Gasteiger partial charge in [0.1, 0.15) is 0 Å². The summed E-state index contributed by atoms with van der Waals surface area (Å²) in [5, 5.41) is 15.5. The van der Waals surface area contributed by atoms with Crippen LogP contribution in [0.2, 0.25) is 0 Å². The van der Waals surface area contributed by atoms with Crippen LogP contribution in [0.25, 0.3) is 11.1 Å². The molecule has 0 aromatic heterocycles. The van der Waals surface area contributed by atoms with Gasteiger partial charge in [-0.2, -0.15) is 0 Å². The van der Waals surface area contributed by atoms with Gasteiger partial charge in [-0.15, -0.1) is 0 Å². The maximum Gasteiger partial charge on any atom is 0.322 e. The summed E-state index contributed by atoms with van der Waals surface area (Å²) in [6, 6.07) is 7.75. The monoisotopic (exact) mass is 479 g/mol. The van der Waals surface area contributed by atoms with Crippen LogP contribution in [0.3, 0.4) is 0 Å². The number of carbonyl (C=O) groups excluding carboxylic acids is 2. The molecule has 2 aromatic rings. The maximum absolute atomic E-state index is 13.6. The molecule has 1 aliphatic rings. The Bertz CT molecular complexity index is 1100. The first-order valence-corrected chi connectivity index (χ1v) is 12.4. The first-order chi connectivity index (χ1) is 16.6. The number of carboxylic acids is 1. The Balaban J connectivity index is 2.42. The number of aliphatic carboxylic acids is 1. The lowest BCUT2D eigenvalue weighted by Gasteiger charge is -2.45. The number of benzene rings is 2. The number of amides is 3. The van der Waals surface area contributed by atoms with Crippen LogP contribution in [0.5, 0.6) is 0 Å². The van der Waals surface area contributed by atoms with Crippen LogP contribution in [0.4, 0.5) is 16.2 Å². The predicted molar refractivity (Wildman–Crippen MR) is 140 cm³/mol. The van der Waals surface area contributed by atoms with Gasteiger partial charge in [0.15, 0.2) is 0 Å². The van der Waals surface area contributed by atoms with Gasteiger partial charge in [0.05, 0.1) is 17.8 Å². The second kappa shape index (κ2) is 10.9. The van der Waals surface area contributed by atoms with Crippen molar-refractivity contribution in [3.8, 4) is 11.1 Å². The lowest BCUT2D eigenvalue weighted by atomic mass is 9.80. The molecular weight excluding hydrogens is 442 g/mol. The third kappa shape index (κ3) is 5.34. The topological polar surface area (TPSA) is 98.7 Å². The highest BCUT2D eigenvalue weighted by molar-refractivity contribution is 6.03. The van der Waals surface area contributed by atoms with Crippen LogP contribution in [0, 0.1) is 20.8 Å². The number of nitrogens with one attached hydrogen (secondary N) is 2. The van der Waals surface area contributed by atoms with Gasteiger partial charge in [-0.05, 0) is 75.3 Å². The van der Waals surface area contributed by atoms with Crippen LogP contribution < -0.4 is 15.5 Å². The van der Waals surface area contributed by atoms with Crippen LogP contribution in [-0.2, 0) is 16.0 Å². The molecule has 3 N–H and O–H groups in total. The van der Waals surface area contributed by atoms with E-state index in [1.807, 2.05) is 56.9 Å². The molecular formula is C28H37N3O4. The molecule has 0 bridgehead atoms. The van der Waals surface area contributed by atoms with Crippen molar-refractivity contribution in [2.45, 2.75) is 78.7 Å². The first kappa shape index (κ1) is 26.3. The van der Waals surface area contributed by atoms with Gasteiger partial charge in [0.25, 0.3) is 0 Å². The molecule has 188 valence electrons. The van der Waals surface area contributed by atoms with Crippen molar-refractivity contribution in [3.05, 3.63) is 46.5 Å². The van der Waals surface area contributed by atoms with Crippen molar-refractivity contribution < 1.29 is 19.5 Å². The van der Waals surface area contributed by atoms with Gasteiger partial charge in [-0.3, -0.25) is 14.5 Å². The average molecular weight is 480 g/mol. The lowest BCUT2D eigenvalue weighted by Crippen LogP contribution is -2.55. The summed E-state index contributed by atoms with van der Waals surface area (Å²) in [7, 11) is 0. The molecule has 35 heavy (non-hydrogen) atoms. The van der Waals surface area contributed by atoms with E-state index in [-0.39, 0.29) is 12.5 Å². The zero-order valence-corrected chi connectivity index (χ0v) is 21.5. The third-order valence-electron chi connectivity index (χ3n) is 7.19. The highest BCUT2D eigenvalue weighted by Crippen LogP contribution is 2.47. The van der Waals surface area contributed by atoms with Crippen LogP contribution >= 0.6 is 0 Å². The summed E-state index contributed by atoms with van der Waals surface area (Å²) < 4.78 is 0. The maximum atomic E-state index is 13.6. The van der Waals surface area contributed by atoms with Gasteiger partial charge in [-0.25, -0.2) is 4.79 Å². The van der Waals surface area contributed by atoms with Crippen LogP contribution in [0.15, 0.2) is 24.3 Å². The molecule has 0 unspecified atom stereocenters. The van der Waals surface area contributed by atoms with Crippen molar-refractivity contribution in [2.24, 2.45) is 0 Å². The van der Waals surface area contributed by atoms with Gasteiger partial charge in [-0.1, -0.05) is 49.1 Å². The van der Waals surface area contributed by atoms with E-state index >= 15 is 0 Å². The Morgan fingerprint density at radius 3 is 2.23 bits per heavy atom. The number of hydrogen-bond acceptors (Lipinski definition) is 3. The van der Waals surface area contributed by atoms with Crippen molar-refractivity contribution >= 4 is 29.8 Å². The largest absolute Gasteiger partial charge is 0.481 e. The minimum Gasteiger partial charge on any atom is -0.481 e. The van der Waals surface area contributed by atoms with Crippen molar-refractivity contribution in [1.29, 1.82) is 0 Å². The zero-order chi connectivity index (χ0) is 25.8. The molecule has 7 nitrogen and oxygen atoms in total. The summed E-state index contributed by atoms with van der Waals surface area (Å²) in [5.74, 6) is -0.953. The number of urea groups is 1. The molecule has 0 saturated heterocycles. The molecule has 1 aliphatic carbocycles. The van der Waals surface area contributed by atoms with Crippen LogP contribution in [0.1, 0.15) is 68.2 Å². The van der Waals surface area contributed by atoms with E-state index in [1.165, 1.54) is 0 Å². The van der Waals surface area contributed by atoms with Crippen molar-refractivity contribution in [2.75, 3.05) is 16.8 Å². The summed E-state index contributed by atoms with van der Waals surface area (Å²) in [6.45, 7) is 10.2. The number of nitrogens with zero attached hydrogens (tertiary/aromatic N) is 1. The minimum atomic E-state index is -0.953. The highest BCUT2D eigenvalue weighted by atomic mass is 16.4. The van der Waals surface area contributed by atoms with Crippen molar-refractivity contribution in [1.82, 2.24) is 5.32 Å². The fourth-order valence-corrected chi connectivity index (χ4v) is 5.43. The van der Waals surface area contributed by atoms with Gasteiger partial charge in [0, 0.05) is 12.1 Å². The molecule has 1 saturated carbocycles. The number of anilines is 2. The third-order valence-corrected chi connectivity index (χ3v) is 7.19. The summed E-state index contributed by atoms with van der Waals surface area (Å²) in [5.41, 5.74) is 5.53. The number of rotatable bonds is 8. The predicted octanol–water partition coefficient (Wildman–Crippen LogP) is 5.73. The lowest BCUT2D eigenvalue weighted by molar-refractivity contribution is -0.136. The number of carboxylic acid groups (broad SMARTS) is 1. The Morgan fingerprint density at radius 1 is 1.06 bits per heavy atom. The fraction of sp³-hybridized carbons (Fsp3) is 0.464. The Kier molecular flexibility index (Phi) is 8.20. The van der Waals surface area contributed by atoms with E-state index in [0.29, 0.717) is 35.5 Å². The van der Waals surface area contributed by atoms with Crippen molar-refractivity contribution in [3.63, 3.8) is 0 Å². The molecule has 7 heteroatoms. The van der Waals surface area contributed by atoms with E-state index in [1.54, 1.807) is 0 Å². The Hall–Kier alpha value is -3.35. The molecule has 0 spiro atoms. The first-order valence-electron chi connectivity index (χ1n) is 12.4. The quantitative estimate of drug-likeness (QED) is 0.421. The molecule has 0 heterocycles. The van der Waals surface area contributed by atoms with Gasteiger partial charge < -0.3 is 15.7 Å². The van der Waals surface area contributed by atoms with Gasteiger partial charge >= 0.3 is 12.0 Å². The Morgan fingerprint density at radius 2 is 1.69 bits per heavy atom. The second-order valence-corrected chi connectivity index (χ2v) is 9.75. The Labute approximate surface area is 207 Å². The van der Waals surface area contributed by atoms with Gasteiger partial charge in [0.2, 0.25) is 6.41 Å². The van der Waals surface area contributed by atoms with E-state index in [2.05, 4.69) is 17.6 Å². The molecule has 0 radical (unpaired) electrons. The molecule has 0 aliphatic heterocycles. The van der Waals surface area contributed by atoms with E-state index in [0.717, 1.165) is 54.4 Å². The molecule has 2 aromatic carbocycles. The SMILES string of the molecule is CCNC(=O)N(c1c(C)c(-c2ccc(C)cc2)c(CC(=O)O)c(C)c1NC=O)C1(C)CCCCC1. The standard InChI is InChI=1S/C28H37N3O4/c1-6-29-27(35)31(28(5)14-8-7-9-15-28)26-20(4)24(21-12-10-18(2)11-13-21)22(16-23(33)34)19(3)25(26)30-17-32/h10-13,17H,6-9,14-16H2,1-5H3,(H,29,35)(H,30,32)(H,33,34). The van der Waals surface area contributed by atoms with Crippen LogP contribution in [-0.4, -0.2) is 35.6 Å². The fourth-order valence-electron chi connectivity index (χ4n) is 5.43. The molecule has 1 fully saturated rings. The zero-order valence-electron chi connectivity index (χ0n) is 21.5. The average Bonchev–Trinajstić information content (AvgIpc) is 2.80. The summed E-state index contributed by atoms with van der Waals surface area (Å²) in [4.78, 5) is 39.1. The number of aryl methyl sites for hydroxylation is 1. The molecule has 3 amide bonds. The molecule has 3 rings (SSSR count). The summed E-state index contributed by atoms with van der Waals surface area (Å²) in [6.07, 6.45) is 5.26. The summed E-state index contributed by atoms with van der Waals surface area (Å²) >= 11 is 0. The normalized spacial score (nSPS) is 14.8. The number of hydrogen-bond donors (Lipinski definition) is 3. The van der Waals surface area contributed by atoms with E-state index < -0.39 is 11.5 Å². The van der Waals surface area contributed by atoms with E-state index in [9.17, 15) is 19.5 Å². The minimum absolute atomic E-state index is 0.192. The molecule has 0 atom stereocenters.